The minimum Gasteiger partial charge on any atom is -0.456 e. The summed E-state index contributed by atoms with van der Waals surface area (Å²) in [6, 6.07) is 2.42. The highest BCUT2D eigenvalue weighted by atomic mass is 16.6. The van der Waals surface area contributed by atoms with E-state index < -0.39 is 0 Å². The molecule has 0 spiro atoms. The van der Waals surface area contributed by atoms with Crippen LogP contribution in [0.5, 0.6) is 0 Å². The number of hydrogen-bond acceptors (Lipinski definition) is 5. The van der Waals surface area contributed by atoms with E-state index in [0.717, 1.165) is 35.0 Å². The smallest absolute Gasteiger partial charge is 0.342 e. The highest BCUT2D eigenvalue weighted by Crippen LogP contribution is 2.46. The van der Waals surface area contributed by atoms with Gasteiger partial charge in [-0.05, 0) is 37.2 Å². The van der Waals surface area contributed by atoms with Gasteiger partial charge in [0, 0.05) is 30.2 Å². The summed E-state index contributed by atoms with van der Waals surface area (Å²) in [4.78, 5) is 20.3. The van der Waals surface area contributed by atoms with Crippen LogP contribution in [0.25, 0.3) is 11.0 Å². The third-order valence-electron chi connectivity index (χ3n) is 6.04. The van der Waals surface area contributed by atoms with Crippen LogP contribution >= 0.6 is 0 Å². The minimum absolute atomic E-state index is 0.148. The van der Waals surface area contributed by atoms with Crippen molar-refractivity contribution in [3.05, 3.63) is 24.0 Å². The van der Waals surface area contributed by atoms with E-state index in [9.17, 15) is 4.79 Å². The number of pyridine rings is 1. The highest BCUT2D eigenvalue weighted by molar-refractivity contribution is 6.04. The molecule has 2 bridgehead atoms. The van der Waals surface area contributed by atoms with Crippen LogP contribution in [0.4, 0.5) is 5.69 Å². The van der Waals surface area contributed by atoms with E-state index in [2.05, 4.69) is 15.3 Å². The number of esters is 1. The van der Waals surface area contributed by atoms with Crippen molar-refractivity contribution in [1.82, 2.24) is 9.97 Å². The predicted octanol–water partition coefficient (Wildman–Crippen LogP) is 3.11. The standard InChI is InChI=1S/C19H23N3O3/c23-19(25-13-4-6-24-10-13)15-9-21-18-14(3-5-20-18)17(15)22-16-8-11-1-2-12(16)7-11/h3,5,9,11-13,16H,1-2,4,6-8,10H2,(H2,20,21,22)/t11-,12+,13-,16-/m0/s1. The fourth-order valence-corrected chi connectivity index (χ4v) is 4.75. The van der Waals surface area contributed by atoms with Crippen molar-refractivity contribution >= 4 is 22.7 Å². The molecule has 1 saturated heterocycles. The van der Waals surface area contributed by atoms with Gasteiger partial charge in [-0.15, -0.1) is 0 Å². The summed E-state index contributed by atoms with van der Waals surface area (Å²) >= 11 is 0. The van der Waals surface area contributed by atoms with Crippen molar-refractivity contribution in [3.63, 3.8) is 0 Å². The molecule has 5 rings (SSSR count). The van der Waals surface area contributed by atoms with Crippen LogP contribution in [0.15, 0.2) is 18.5 Å². The van der Waals surface area contributed by atoms with E-state index >= 15 is 0 Å². The summed E-state index contributed by atoms with van der Waals surface area (Å²) in [7, 11) is 0. The third kappa shape index (κ3) is 2.68. The molecule has 6 nitrogen and oxygen atoms in total. The first kappa shape index (κ1) is 15.2. The fraction of sp³-hybridized carbons (Fsp3) is 0.579. The average molecular weight is 341 g/mol. The lowest BCUT2D eigenvalue weighted by atomic mass is 9.94. The fourth-order valence-electron chi connectivity index (χ4n) is 4.75. The van der Waals surface area contributed by atoms with E-state index in [0.29, 0.717) is 24.8 Å². The van der Waals surface area contributed by atoms with Crippen LogP contribution in [0.2, 0.25) is 0 Å². The van der Waals surface area contributed by atoms with Crippen LogP contribution < -0.4 is 5.32 Å². The Morgan fingerprint density at radius 1 is 1.32 bits per heavy atom. The molecule has 3 fully saturated rings. The second-order valence-electron chi connectivity index (χ2n) is 7.60. The summed E-state index contributed by atoms with van der Waals surface area (Å²) in [5.41, 5.74) is 2.20. The van der Waals surface area contributed by atoms with Crippen LogP contribution in [-0.2, 0) is 9.47 Å². The molecule has 0 radical (unpaired) electrons. The van der Waals surface area contributed by atoms with Crippen LogP contribution in [0.3, 0.4) is 0 Å². The lowest BCUT2D eigenvalue weighted by Crippen LogP contribution is -2.27. The lowest BCUT2D eigenvalue weighted by Gasteiger charge is -2.25. The molecule has 0 amide bonds. The number of H-pyrrole nitrogens is 1. The number of ether oxygens (including phenoxy) is 2. The van der Waals surface area contributed by atoms with E-state index in [4.69, 9.17) is 9.47 Å². The topological polar surface area (TPSA) is 76.2 Å². The predicted molar refractivity (Wildman–Crippen MR) is 93.6 cm³/mol. The normalized spacial score (nSPS) is 30.9. The van der Waals surface area contributed by atoms with Gasteiger partial charge in [-0.2, -0.15) is 0 Å². The summed E-state index contributed by atoms with van der Waals surface area (Å²) in [6.45, 7) is 1.14. The first-order valence-electron chi connectivity index (χ1n) is 9.29. The maximum atomic E-state index is 12.8. The Kier molecular flexibility index (Phi) is 3.66. The second-order valence-corrected chi connectivity index (χ2v) is 7.60. The SMILES string of the molecule is O=C(O[C@H]1CCOC1)c1cnc2[nH]ccc2c1N[C@H]1C[C@H]2CC[C@@H]1C2. The Labute approximate surface area is 146 Å². The molecule has 2 aromatic rings. The van der Waals surface area contributed by atoms with Crippen molar-refractivity contribution in [2.24, 2.45) is 11.8 Å². The minimum atomic E-state index is -0.309. The van der Waals surface area contributed by atoms with Crippen LogP contribution in [0.1, 0.15) is 42.5 Å². The zero-order valence-electron chi connectivity index (χ0n) is 14.2. The molecule has 2 aliphatic carbocycles. The van der Waals surface area contributed by atoms with E-state index in [1.54, 1.807) is 6.20 Å². The molecule has 3 aliphatic rings. The Bertz CT molecular complexity index is 796. The number of nitrogens with one attached hydrogen (secondary N) is 2. The number of aromatic amines is 1. The monoisotopic (exact) mass is 341 g/mol. The first-order valence-corrected chi connectivity index (χ1v) is 9.29. The number of anilines is 1. The molecule has 132 valence electrons. The molecule has 2 saturated carbocycles. The van der Waals surface area contributed by atoms with Gasteiger partial charge in [0.05, 0.1) is 18.9 Å². The van der Waals surface area contributed by atoms with Gasteiger partial charge >= 0.3 is 5.97 Å². The summed E-state index contributed by atoms with van der Waals surface area (Å²) in [6.07, 6.45) is 9.28. The molecule has 1 aliphatic heterocycles. The molecular formula is C19H23N3O3. The Morgan fingerprint density at radius 3 is 3.04 bits per heavy atom. The van der Waals surface area contributed by atoms with Crippen molar-refractivity contribution in [3.8, 4) is 0 Å². The number of carbonyl (C=O) groups excluding carboxylic acids is 1. The summed E-state index contributed by atoms with van der Waals surface area (Å²) in [5, 5.41) is 4.64. The second kappa shape index (κ2) is 6.02. The molecular weight excluding hydrogens is 318 g/mol. The van der Waals surface area contributed by atoms with Gasteiger partial charge in [-0.25, -0.2) is 9.78 Å². The van der Waals surface area contributed by atoms with Gasteiger partial charge in [0.25, 0.3) is 0 Å². The van der Waals surface area contributed by atoms with Gasteiger partial charge in [-0.3, -0.25) is 0 Å². The zero-order valence-corrected chi connectivity index (χ0v) is 14.2. The van der Waals surface area contributed by atoms with E-state index in [1.807, 2.05) is 12.3 Å². The molecule has 0 aromatic carbocycles. The maximum absolute atomic E-state index is 12.8. The van der Waals surface area contributed by atoms with Gasteiger partial charge in [0.1, 0.15) is 17.3 Å². The molecule has 25 heavy (non-hydrogen) atoms. The molecule has 3 heterocycles. The Balaban J connectivity index is 1.46. The number of nitrogens with zero attached hydrogens (tertiary/aromatic N) is 1. The van der Waals surface area contributed by atoms with Crippen LogP contribution in [-0.4, -0.2) is 41.3 Å². The first-order chi connectivity index (χ1) is 12.3. The van der Waals surface area contributed by atoms with Crippen molar-refractivity contribution in [2.75, 3.05) is 18.5 Å². The number of hydrogen-bond donors (Lipinski definition) is 2. The van der Waals surface area contributed by atoms with Crippen molar-refractivity contribution in [2.45, 2.75) is 44.2 Å². The van der Waals surface area contributed by atoms with Gasteiger partial charge in [-0.1, -0.05) is 6.42 Å². The molecule has 6 heteroatoms. The summed E-state index contributed by atoms with van der Waals surface area (Å²) < 4.78 is 10.9. The number of fused-ring (bicyclic) bond motifs is 3. The summed E-state index contributed by atoms with van der Waals surface area (Å²) in [5.74, 6) is 1.26. The molecule has 2 aromatic heterocycles. The van der Waals surface area contributed by atoms with Crippen molar-refractivity contribution < 1.29 is 14.3 Å². The molecule has 2 N–H and O–H groups in total. The molecule has 4 atom stereocenters. The van der Waals surface area contributed by atoms with E-state index in [-0.39, 0.29) is 12.1 Å². The van der Waals surface area contributed by atoms with Gasteiger partial charge in [0.2, 0.25) is 0 Å². The Hall–Kier alpha value is -2.08. The van der Waals surface area contributed by atoms with E-state index in [1.165, 1.54) is 25.7 Å². The number of aromatic nitrogens is 2. The quantitative estimate of drug-likeness (QED) is 0.836. The van der Waals surface area contributed by atoms with Gasteiger partial charge < -0.3 is 19.8 Å². The zero-order chi connectivity index (χ0) is 16.8. The maximum Gasteiger partial charge on any atom is 0.342 e. The number of carbonyl (C=O) groups is 1. The van der Waals surface area contributed by atoms with Crippen LogP contribution in [0, 0.1) is 11.8 Å². The van der Waals surface area contributed by atoms with Crippen molar-refractivity contribution in [1.29, 1.82) is 0 Å². The Morgan fingerprint density at radius 2 is 2.28 bits per heavy atom. The third-order valence-corrected chi connectivity index (χ3v) is 6.04. The average Bonchev–Trinajstić information content (AvgIpc) is 3.39. The molecule has 0 unspecified atom stereocenters. The largest absolute Gasteiger partial charge is 0.456 e. The lowest BCUT2D eigenvalue weighted by molar-refractivity contribution is 0.0271. The van der Waals surface area contributed by atoms with Gasteiger partial charge in [0.15, 0.2) is 0 Å². The highest BCUT2D eigenvalue weighted by Gasteiger charge is 2.40. The number of rotatable bonds is 4.